The minimum absolute atomic E-state index is 0.0207. The second-order valence-corrected chi connectivity index (χ2v) is 10.6. The minimum atomic E-state index is -1.62. The van der Waals surface area contributed by atoms with E-state index in [1.54, 1.807) is 11.0 Å². The Hall–Kier alpha value is -4.06. The van der Waals surface area contributed by atoms with Gasteiger partial charge in [0.15, 0.2) is 5.65 Å². The van der Waals surface area contributed by atoms with Crippen molar-refractivity contribution >= 4 is 34.7 Å². The monoisotopic (exact) mass is 523 g/mol. The zero-order chi connectivity index (χ0) is 27.5. The molecular formula is C26H30FN7O4. The summed E-state index contributed by atoms with van der Waals surface area (Å²) in [5, 5.41) is 14.2. The molecule has 1 fully saturated rings. The van der Waals surface area contributed by atoms with E-state index in [-0.39, 0.29) is 47.9 Å². The molecule has 38 heavy (non-hydrogen) atoms. The number of alkyl halides is 1. The van der Waals surface area contributed by atoms with Gasteiger partial charge in [-0.15, -0.1) is 0 Å². The van der Waals surface area contributed by atoms with Crippen LogP contribution >= 0.6 is 0 Å². The molecule has 1 unspecified atom stereocenters. The van der Waals surface area contributed by atoms with Crippen molar-refractivity contribution in [2.45, 2.75) is 51.0 Å². The molecule has 12 heteroatoms. The average Bonchev–Trinajstić information content (AvgIpc) is 3.51. The third kappa shape index (κ3) is 4.44. The molecule has 0 saturated heterocycles. The molecule has 200 valence electrons. The fourth-order valence-electron chi connectivity index (χ4n) is 4.60. The van der Waals surface area contributed by atoms with E-state index < -0.39 is 17.7 Å². The summed E-state index contributed by atoms with van der Waals surface area (Å²) in [5.74, 6) is -1.38. The van der Waals surface area contributed by atoms with Gasteiger partial charge in [-0.2, -0.15) is 5.10 Å². The highest BCUT2D eigenvalue weighted by Crippen LogP contribution is 2.42. The number of hydrogen-bond donors (Lipinski definition) is 2. The second kappa shape index (κ2) is 9.05. The largest absolute Gasteiger partial charge is 0.387 e. The van der Waals surface area contributed by atoms with Gasteiger partial charge in [-0.25, -0.2) is 13.9 Å². The molecule has 1 atom stereocenters. The third-order valence-corrected chi connectivity index (χ3v) is 6.95. The van der Waals surface area contributed by atoms with E-state index in [2.05, 4.69) is 10.1 Å². The van der Waals surface area contributed by atoms with Crippen LogP contribution in [-0.2, 0) is 6.54 Å². The lowest BCUT2D eigenvalue weighted by molar-refractivity contribution is -0.0159. The van der Waals surface area contributed by atoms with Crippen molar-refractivity contribution in [2.24, 2.45) is 5.73 Å². The first-order chi connectivity index (χ1) is 17.9. The van der Waals surface area contributed by atoms with E-state index in [0.29, 0.717) is 22.5 Å². The van der Waals surface area contributed by atoms with Crippen molar-refractivity contribution in [2.75, 3.05) is 30.4 Å². The van der Waals surface area contributed by atoms with E-state index in [1.165, 1.54) is 41.7 Å². The summed E-state index contributed by atoms with van der Waals surface area (Å²) in [6, 6.07) is 4.91. The maximum atomic E-state index is 14.6. The Morgan fingerprint density at radius 1 is 1.26 bits per heavy atom. The first kappa shape index (κ1) is 25.6. The number of carbonyl (C=O) groups excluding carboxylic acids is 3. The topological polar surface area (TPSA) is 137 Å². The Morgan fingerprint density at radius 2 is 1.97 bits per heavy atom. The number of anilines is 2. The number of nitrogens with two attached hydrogens (primary N) is 1. The smallest absolute Gasteiger partial charge is 0.267 e. The van der Waals surface area contributed by atoms with Crippen LogP contribution in [0.3, 0.4) is 0 Å². The zero-order valence-electron chi connectivity index (χ0n) is 21.7. The molecule has 1 aliphatic heterocycles. The fourth-order valence-corrected chi connectivity index (χ4v) is 4.60. The molecule has 3 aromatic rings. The van der Waals surface area contributed by atoms with Crippen LogP contribution in [0.1, 0.15) is 63.5 Å². The van der Waals surface area contributed by atoms with Gasteiger partial charge in [0.2, 0.25) is 0 Å². The Balaban J connectivity index is 1.55. The quantitative estimate of drug-likeness (QED) is 0.459. The predicted octanol–water partition coefficient (Wildman–Crippen LogP) is 1.77. The molecule has 3 heterocycles. The minimum Gasteiger partial charge on any atom is -0.387 e. The molecule has 11 nitrogen and oxygen atoms in total. The van der Waals surface area contributed by atoms with Crippen molar-refractivity contribution < 1.29 is 23.9 Å². The van der Waals surface area contributed by atoms with Gasteiger partial charge in [0, 0.05) is 38.4 Å². The molecule has 1 saturated carbocycles. The number of primary amides is 1. The van der Waals surface area contributed by atoms with Crippen molar-refractivity contribution in [3.8, 4) is 0 Å². The van der Waals surface area contributed by atoms with Crippen LogP contribution in [0.15, 0.2) is 30.6 Å². The van der Waals surface area contributed by atoms with E-state index in [4.69, 9.17) is 5.73 Å². The normalized spacial score (nSPS) is 16.1. The third-order valence-electron chi connectivity index (χ3n) is 6.95. The molecule has 1 aromatic carbocycles. The standard InChI is InChI=1S/C26H30FN7O4/c1-26(2,38)21(27)13-32-12-14-9-20(19(31(3)4)10-16(14)24(32)36)34(15-5-6-15)25(37)17-11-29-33-8-7-18(22(28)35)30-23(17)33/h7-11,15,21,38H,5-6,12-13H2,1-4H3,(H2,28,35). The molecule has 5 rings (SSSR count). The summed E-state index contributed by atoms with van der Waals surface area (Å²) in [6.07, 6.45) is 2.92. The van der Waals surface area contributed by atoms with E-state index >= 15 is 0 Å². The number of halogens is 1. The van der Waals surface area contributed by atoms with E-state index in [0.717, 1.165) is 12.8 Å². The number of rotatable bonds is 8. The fraction of sp³-hybridized carbons (Fsp3) is 0.423. The number of benzene rings is 1. The Kier molecular flexibility index (Phi) is 6.09. The summed E-state index contributed by atoms with van der Waals surface area (Å²) in [6.45, 7) is 2.66. The number of aromatic nitrogens is 3. The Morgan fingerprint density at radius 3 is 2.58 bits per heavy atom. The van der Waals surface area contributed by atoms with Gasteiger partial charge in [0.25, 0.3) is 17.7 Å². The summed E-state index contributed by atoms with van der Waals surface area (Å²) >= 11 is 0. The van der Waals surface area contributed by atoms with E-state index in [1.807, 2.05) is 25.1 Å². The first-order valence-corrected chi connectivity index (χ1v) is 12.3. The molecule has 0 spiro atoms. The number of amides is 3. The average molecular weight is 524 g/mol. The Labute approximate surface area is 218 Å². The van der Waals surface area contributed by atoms with Gasteiger partial charge in [-0.1, -0.05) is 0 Å². The van der Waals surface area contributed by atoms with Crippen molar-refractivity contribution in [1.82, 2.24) is 19.5 Å². The maximum absolute atomic E-state index is 14.6. The van der Waals surface area contributed by atoms with Crippen molar-refractivity contribution in [1.29, 1.82) is 0 Å². The van der Waals surface area contributed by atoms with Gasteiger partial charge < -0.3 is 25.5 Å². The highest BCUT2D eigenvalue weighted by molar-refractivity contribution is 6.12. The number of fused-ring (bicyclic) bond motifs is 2. The highest BCUT2D eigenvalue weighted by atomic mass is 19.1. The number of carbonyl (C=O) groups is 3. The molecule has 0 bridgehead atoms. The van der Waals surface area contributed by atoms with Crippen LogP contribution in [-0.4, -0.2) is 80.8 Å². The summed E-state index contributed by atoms with van der Waals surface area (Å²) in [5.41, 5.74) is 6.63. The number of hydrogen-bond acceptors (Lipinski definition) is 7. The molecule has 2 aliphatic rings. The molecule has 0 radical (unpaired) electrons. The highest BCUT2D eigenvalue weighted by Gasteiger charge is 2.40. The second-order valence-electron chi connectivity index (χ2n) is 10.6. The van der Waals surface area contributed by atoms with E-state index in [9.17, 15) is 23.9 Å². The zero-order valence-corrected chi connectivity index (χ0v) is 21.7. The lowest BCUT2D eigenvalue weighted by Gasteiger charge is -2.28. The molecular weight excluding hydrogens is 493 g/mol. The first-order valence-electron chi connectivity index (χ1n) is 12.3. The van der Waals surface area contributed by atoms with Gasteiger partial charge in [0.05, 0.1) is 29.7 Å². The van der Waals surface area contributed by atoms with Crippen LogP contribution in [0.2, 0.25) is 0 Å². The van der Waals surface area contributed by atoms with Crippen LogP contribution in [0.5, 0.6) is 0 Å². The SMILES string of the molecule is CN(C)c1cc2c(cc1N(C(=O)c1cnn3ccc(C(N)=O)nc13)C1CC1)CN(CC(F)C(C)(C)O)C2=O. The summed E-state index contributed by atoms with van der Waals surface area (Å²) < 4.78 is 16.0. The lowest BCUT2D eigenvalue weighted by Crippen LogP contribution is -2.42. The summed E-state index contributed by atoms with van der Waals surface area (Å²) in [4.78, 5) is 47.9. The molecule has 1 aliphatic carbocycles. The van der Waals surface area contributed by atoms with Crippen LogP contribution < -0.4 is 15.5 Å². The van der Waals surface area contributed by atoms with Crippen molar-refractivity contribution in [3.63, 3.8) is 0 Å². The summed E-state index contributed by atoms with van der Waals surface area (Å²) in [7, 11) is 3.64. The van der Waals surface area contributed by atoms with Gasteiger partial charge in [-0.05, 0) is 50.5 Å². The van der Waals surface area contributed by atoms with Crippen LogP contribution in [0.25, 0.3) is 5.65 Å². The predicted molar refractivity (Wildman–Crippen MR) is 138 cm³/mol. The maximum Gasteiger partial charge on any atom is 0.267 e. The number of aliphatic hydroxyl groups is 1. The van der Waals surface area contributed by atoms with Crippen molar-refractivity contribution in [3.05, 3.63) is 53.0 Å². The molecule has 2 aromatic heterocycles. The van der Waals surface area contributed by atoms with Crippen LogP contribution in [0.4, 0.5) is 15.8 Å². The van der Waals surface area contributed by atoms with Gasteiger partial charge in [-0.3, -0.25) is 14.4 Å². The van der Waals surface area contributed by atoms with Gasteiger partial charge in [0.1, 0.15) is 17.4 Å². The lowest BCUT2D eigenvalue weighted by atomic mass is 10.0. The molecule has 3 N–H and O–H groups in total. The number of nitrogens with zero attached hydrogens (tertiary/aromatic N) is 6. The Bertz CT molecular complexity index is 1460. The molecule has 3 amide bonds. The van der Waals surface area contributed by atoms with Gasteiger partial charge >= 0.3 is 0 Å². The van der Waals surface area contributed by atoms with Crippen LogP contribution in [0, 0.1) is 0 Å².